The number of benzene rings is 1. The van der Waals surface area contributed by atoms with E-state index in [1.165, 1.54) is 6.08 Å². The van der Waals surface area contributed by atoms with Crippen molar-refractivity contribution in [2.24, 2.45) is 22.0 Å². The van der Waals surface area contributed by atoms with Gasteiger partial charge < -0.3 is 15.5 Å². The second-order valence-electron chi connectivity index (χ2n) is 10.9. The molecule has 2 aromatic rings. The molecule has 12 heteroatoms. The van der Waals surface area contributed by atoms with E-state index in [1.54, 1.807) is 16.8 Å². The van der Waals surface area contributed by atoms with Crippen molar-refractivity contribution in [3.8, 4) is 0 Å². The Bertz CT molecular complexity index is 1620. The van der Waals surface area contributed by atoms with Crippen molar-refractivity contribution in [3.63, 3.8) is 0 Å². The maximum atomic E-state index is 13.9. The maximum absolute atomic E-state index is 13.9. The average Bonchev–Trinajstić information content (AvgIpc) is 3.52. The minimum atomic E-state index is -1.07. The van der Waals surface area contributed by atoms with E-state index in [2.05, 4.69) is 28.4 Å². The van der Waals surface area contributed by atoms with Crippen LogP contribution in [0.15, 0.2) is 98.5 Å². The van der Waals surface area contributed by atoms with E-state index < -0.39 is 11.2 Å². The summed E-state index contributed by atoms with van der Waals surface area (Å²) >= 11 is 6.20. The molecule has 2 unspecified atom stereocenters. The highest BCUT2D eigenvalue weighted by Crippen LogP contribution is 2.42. The Kier molecular flexibility index (Phi) is 7.34. The molecule has 0 bridgehead atoms. The molecule has 1 aliphatic carbocycles. The normalized spacial score (nSPS) is 27.7. The number of nitrogens with one attached hydrogen (secondary N) is 4. The summed E-state index contributed by atoms with van der Waals surface area (Å²) in [5.74, 6) is 1.48. The number of amidine groups is 2. The van der Waals surface area contributed by atoms with Crippen LogP contribution in [0, 0.1) is 0 Å². The third kappa shape index (κ3) is 5.19. The summed E-state index contributed by atoms with van der Waals surface area (Å²) in [7, 11) is 1.88. The van der Waals surface area contributed by atoms with Gasteiger partial charge in [-0.05, 0) is 68.3 Å². The largest absolute Gasteiger partial charge is 0.458 e. The number of allylic oxidation sites excluding steroid dienone is 4. The number of nitrogens with zero attached hydrogens (tertiary/aromatic N) is 5. The fourth-order valence-electron chi connectivity index (χ4n) is 5.58. The molecule has 42 heavy (non-hydrogen) atoms. The first-order valence-electron chi connectivity index (χ1n) is 13.8. The average molecular weight is 590 g/mol. The molecule has 3 aliphatic heterocycles. The first-order valence-corrected chi connectivity index (χ1v) is 14.1. The van der Waals surface area contributed by atoms with Crippen LogP contribution in [0.3, 0.4) is 0 Å². The summed E-state index contributed by atoms with van der Waals surface area (Å²) < 4.78 is 21.2. The Hall–Kier alpha value is -4.06. The third-order valence-corrected chi connectivity index (χ3v) is 8.04. The predicted octanol–water partition coefficient (Wildman–Crippen LogP) is 4.78. The topological polar surface area (TPSA) is 112 Å². The Labute approximate surface area is 248 Å². The van der Waals surface area contributed by atoms with Crippen LogP contribution in [0.2, 0.25) is 5.02 Å². The summed E-state index contributed by atoms with van der Waals surface area (Å²) in [6, 6.07) is 9.28. The van der Waals surface area contributed by atoms with Gasteiger partial charge in [-0.1, -0.05) is 23.8 Å². The van der Waals surface area contributed by atoms with E-state index in [1.807, 2.05) is 63.5 Å². The van der Waals surface area contributed by atoms with E-state index in [9.17, 15) is 4.39 Å². The monoisotopic (exact) mass is 589 g/mol. The summed E-state index contributed by atoms with van der Waals surface area (Å²) in [5.41, 5.74) is 9.07. The lowest BCUT2D eigenvalue weighted by atomic mass is 9.78. The van der Waals surface area contributed by atoms with Crippen molar-refractivity contribution in [3.05, 3.63) is 94.2 Å². The lowest BCUT2D eigenvalue weighted by molar-refractivity contribution is 0.224. The Morgan fingerprint density at radius 1 is 1.17 bits per heavy atom. The van der Waals surface area contributed by atoms with Crippen LogP contribution in [-0.2, 0) is 17.3 Å². The first kappa shape index (κ1) is 28.1. The van der Waals surface area contributed by atoms with Gasteiger partial charge in [0, 0.05) is 48.6 Å². The second kappa shape index (κ2) is 11.0. The minimum Gasteiger partial charge on any atom is -0.458 e. The van der Waals surface area contributed by atoms with Crippen LogP contribution in [0.25, 0.3) is 0 Å². The number of ether oxygens (including phenoxy) is 1. The van der Waals surface area contributed by atoms with Gasteiger partial charge in [0.15, 0.2) is 24.0 Å². The second-order valence-corrected chi connectivity index (χ2v) is 11.3. The number of hydrazine groups is 1. The summed E-state index contributed by atoms with van der Waals surface area (Å²) in [6.07, 6.45) is 9.68. The minimum absolute atomic E-state index is 0.142. The molecule has 0 saturated carbocycles. The van der Waals surface area contributed by atoms with Crippen LogP contribution in [0.4, 0.5) is 10.1 Å². The Morgan fingerprint density at radius 2 is 1.98 bits per heavy atom. The SMILES string of the molecule is CC1=NC(C2(c3ccn(C)n3)N[C@@H](C3(C)N=C(C4=CC=C(F)CC=C4)NN3)CC(C)=C2Nc2ccc(Cl)cc2)=NCO1. The molecule has 1 aromatic heterocycles. The van der Waals surface area contributed by atoms with Crippen LogP contribution in [-0.4, -0.2) is 45.8 Å². The van der Waals surface area contributed by atoms with Gasteiger partial charge >= 0.3 is 0 Å². The highest BCUT2D eigenvalue weighted by atomic mass is 35.5. The van der Waals surface area contributed by atoms with Gasteiger partial charge in [-0.15, -0.1) is 0 Å². The molecule has 0 amide bonds. The number of aryl methyl sites for hydroxylation is 1. The number of hydrogen-bond acceptors (Lipinski definition) is 9. The van der Waals surface area contributed by atoms with E-state index in [0.717, 1.165) is 28.2 Å². The molecule has 0 radical (unpaired) electrons. The maximum Gasteiger partial charge on any atom is 0.188 e. The summed E-state index contributed by atoms with van der Waals surface area (Å²) in [6.45, 7) is 6.08. The lowest BCUT2D eigenvalue weighted by Crippen LogP contribution is -2.67. The number of aromatic nitrogens is 2. The number of halogens is 2. The van der Waals surface area contributed by atoms with Crippen LogP contribution in [0.1, 0.15) is 39.3 Å². The highest BCUT2D eigenvalue weighted by molar-refractivity contribution is 6.30. The van der Waals surface area contributed by atoms with E-state index in [0.29, 0.717) is 29.0 Å². The smallest absolute Gasteiger partial charge is 0.188 e. The molecule has 218 valence electrons. The molecule has 4 heterocycles. The molecule has 4 N–H and O–H groups in total. The van der Waals surface area contributed by atoms with Crippen molar-refractivity contribution >= 4 is 34.9 Å². The van der Waals surface area contributed by atoms with Gasteiger partial charge in [-0.3, -0.25) is 10.00 Å². The van der Waals surface area contributed by atoms with Crippen LogP contribution in [0.5, 0.6) is 0 Å². The Morgan fingerprint density at radius 3 is 2.71 bits per heavy atom. The Balaban J connectivity index is 1.48. The van der Waals surface area contributed by atoms with Crippen molar-refractivity contribution in [1.29, 1.82) is 0 Å². The van der Waals surface area contributed by atoms with Gasteiger partial charge in [0.2, 0.25) is 0 Å². The van der Waals surface area contributed by atoms with E-state index >= 15 is 0 Å². The molecule has 10 nitrogen and oxygen atoms in total. The molecule has 3 atom stereocenters. The zero-order valence-corrected chi connectivity index (χ0v) is 24.6. The first-order chi connectivity index (χ1) is 20.2. The molecular formula is C30H33ClFN9O. The van der Waals surface area contributed by atoms with Crippen LogP contribution >= 0.6 is 11.6 Å². The molecule has 0 fully saturated rings. The van der Waals surface area contributed by atoms with Gasteiger partial charge in [0.1, 0.15) is 17.3 Å². The molecule has 0 spiro atoms. The third-order valence-electron chi connectivity index (χ3n) is 7.78. The zero-order chi connectivity index (χ0) is 29.5. The fraction of sp³-hybridized carbons (Fsp3) is 0.333. The quantitative estimate of drug-likeness (QED) is 0.386. The zero-order valence-electron chi connectivity index (χ0n) is 23.9. The molecule has 1 aromatic carbocycles. The number of rotatable bonds is 6. The number of anilines is 1. The molecule has 4 aliphatic rings. The predicted molar refractivity (Wildman–Crippen MR) is 164 cm³/mol. The highest BCUT2D eigenvalue weighted by Gasteiger charge is 2.54. The van der Waals surface area contributed by atoms with Crippen molar-refractivity contribution in [2.45, 2.75) is 50.9 Å². The summed E-state index contributed by atoms with van der Waals surface area (Å²) in [4.78, 5) is 14.6. The van der Waals surface area contributed by atoms with Gasteiger partial charge in [0.25, 0.3) is 0 Å². The number of hydrogen-bond donors (Lipinski definition) is 4. The van der Waals surface area contributed by atoms with Gasteiger partial charge in [-0.2, -0.15) is 10.1 Å². The fourth-order valence-corrected chi connectivity index (χ4v) is 5.71. The van der Waals surface area contributed by atoms with E-state index in [4.69, 9.17) is 36.4 Å². The van der Waals surface area contributed by atoms with Crippen molar-refractivity contribution in [1.82, 2.24) is 25.9 Å². The van der Waals surface area contributed by atoms with Crippen molar-refractivity contribution in [2.75, 3.05) is 12.0 Å². The molecule has 0 saturated heterocycles. The lowest BCUT2D eigenvalue weighted by Gasteiger charge is -2.47. The number of aliphatic imine (C=N–C) groups is 3. The summed E-state index contributed by atoms with van der Waals surface area (Å²) in [5, 5.41) is 13.1. The van der Waals surface area contributed by atoms with E-state index in [-0.39, 0.29) is 25.0 Å². The van der Waals surface area contributed by atoms with Crippen molar-refractivity contribution < 1.29 is 9.13 Å². The van der Waals surface area contributed by atoms with Gasteiger partial charge in [0.05, 0.1) is 11.7 Å². The van der Waals surface area contributed by atoms with Crippen LogP contribution < -0.4 is 21.5 Å². The van der Waals surface area contributed by atoms with Gasteiger partial charge in [-0.25, -0.2) is 19.8 Å². The molecule has 6 rings (SSSR count). The molecular weight excluding hydrogens is 557 g/mol. The standard InChI is InChI=1S/C30H33ClFN9O/c1-18-16-25(29(3)37-27(38-40-29)20-6-5-7-22(32)11-8-20)36-30(24-14-15-41(4)39-24,28-33-17-42-19(2)34-28)26(18)35-23-12-9-21(31)10-13-23/h5-6,8-15,25,35-36,40H,7,16-17H2,1-4H3,(H,37,38)/t25-,29?,30?/m1/s1.